The molecule has 0 bridgehead atoms. The number of anilines is 1. The Kier molecular flexibility index (Phi) is 9.27. The summed E-state index contributed by atoms with van der Waals surface area (Å²) in [4.78, 5) is 27.6. The highest BCUT2D eigenvalue weighted by Gasteiger charge is 2.32. The van der Waals surface area contributed by atoms with E-state index in [9.17, 15) is 18.0 Å². The summed E-state index contributed by atoms with van der Waals surface area (Å²) < 4.78 is 28.1. The molecule has 2 amide bonds. The molecule has 1 atom stereocenters. The minimum atomic E-state index is -3.96. The first-order chi connectivity index (χ1) is 15.4. The van der Waals surface area contributed by atoms with E-state index in [0.717, 1.165) is 14.2 Å². The first-order valence-electron chi connectivity index (χ1n) is 10.5. The predicted octanol–water partition coefficient (Wildman–Crippen LogP) is 2.89. The number of carbonyl (C=O) groups is 2. The summed E-state index contributed by atoms with van der Waals surface area (Å²) in [6.45, 7) is 4.94. The molecule has 0 radical (unpaired) electrons. The van der Waals surface area contributed by atoms with E-state index in [0.29, 0.717) is 10.7 Å². The van der Waals surface area contributed by atoms with Crippen molar-refractivity contribution in [2.45, 2.75) is 39.4 Å². The number of para-hydroxylation sites is 1. The number of nitrogens with zero attached hydrogens (tertiary/aromatic N) is 3. The summed E-state index contributed by atoms with van der Waals surface area (Å²) in [5.41, 5.74) is 1.11. The molecule has 8 nitrogen and oxygen atoms in total. The van der Waals surface area contributed by atoms with Crippen molar-refractivity contribution in [1.29, 1.82) is 0 Å². The van der Waals surface area contributed by atoms with Crippen LogP contribution < -0.4 is 9.62 Å². The summed E-state index contributed by atoms with van der Waals surface area (Å²) in [6, 6.07) is 14.4. The number of halogens is 1. The Hall–Kier alpha value is -2.62. The van der Waals surface area contributed by atoms with Gasteiger partial charge in [0.25, 0.3) is 0 Å². The summed E-state index contributed by atoms with van der Waals surface area (Å²) in [5.74, 6) is -0.834. The van der Waals surface area contributed by atoms with Crippen molar-refractivity contribution in [3.05, 3.63) is 65.2 Å². The van der Waals surface area contributed by atoms with Crippen LogP contribution in [0.1, 0.15) is 26.3 Å². The first kappa shape index (κ1) is 26.6. The SMILES string of the molecule is CC(C)NC(=O)[C@H](C)N(Cc1ccc(Cl)cc1)C(=O)CN(c1ccccc1)S(=O)(=O)N(C)C. The molecule has 2 aromatic carbocycles. The van der Waals surface area contributed by atoms with Gasteiger partial charge in [-0.3, -0.25) is 9.59 Å². The molecule has 10 heteroatoms. The van der Waals surface area contributed by atoms with Crippen LogP contribution in [0.15, 0.2) is 54.6 Å². The number of carbonyl (C=O) groups excluding carboxylic acids is 2. The average molecular weight is 495 g/mol. The van der Waals surface area contributed by atoms with Crippen LogP contribution in [0.5, 0.6) is 0 Å². The third kappa shape index (κ3) is 7.18. The van der Waals surface area contributed by atoms with Crippen molar-refractivity contribution >= 4 is 39.3 Å². The molecule has 1 N–H and O–H groups in total. The van der Waals surface area contributed by atoms with Gasteiger partial charge in [0, 0.05) is 31.7 Å². The second-order valence-electron chi connectivity index (χ2n) is 8.12. The van der Waals surface area contributed by atoms with Crippen LogP contribution in [-0.4, -0.2) is 62.2 Å². The zero-order valence-corrected chi connectivity index (χ0v) is 21.1. The van der Waals surface area contributed by atoms with Crippen LogP contribution in [0.25, 0.3) is 0 Å². The van der Waals surface area contributed by atoms with Gasteiger partial charge in [0.15, 0.2) is 0 Å². The number of nitrogens with one attached hydrogen (secondary N) is 1. The largest absolute Gasteiger partial charge is 0.352 e. The average Bonchev–Trinajstić information content (AvgIpc) is 2.76. The van der Waals surface area contributed by atoms with Crippen molar-refractivity contribution in [3.63, 3.8) is 0 Å². The van der Waals surface area contributed by atoms with Gasteiger partial charge in [-0.1, -0.05) is 41.9 Å². The van der Waals surface area contributed by atoms with E-state index < -0.39 is 28.7 Å². The fraction of sp³-hybridized carbons (Fsp3) is 0.391. The maximum atomic E-state index is 13.5. The normalized spacial score (nSPS) is 12.5. The van der Waals surface area contributed by atoms with E-state index in [1.807, 2.05) is 13.8 Å². The van der Waals surface area contributed by atoms with Gasteiger partial charge in [0.2, 0.25) is 11.8 Å². The molecule has 2 rings (SSSR count). The van der Waals surface area contributed by atoms with Gasteiger partial charge in [-0.25, -0.2) is 4.31 Å². The highest BCUT2D eigenvalue weighted by molar-refractivity contribution is 7.90. The van der Waals surface area contributed by atoms with Gasteiger partial charge in [-0.05, 0) is 50.6 Å². The molecule has 0 saturated heterocycles. The molecule has 0 aliphatic rings. The van der Waals surface area contributed by atoms with Gasteiger partial charge >= 0.3 is 10.2 Å². The van der Waals surface area contributed by atoms with Crippen LogP contribution in [0.4, 0.5) is 5.69 Å². The molecule has 2 aromatic rings. The van der Waals surface area contributed by atoms with E-state index in [-0.39, 0.29) is 18.5 Å². The van der Waals surface area contributed by atoms with Crippen molar-refractivity contribution in [2.75, 3.05) is 24.9 Å². The Bertz CT molecular complexity index is 1040. The highest BCUT2D eigenvalue weighted by atomic mass is 35.5. The highest BCUT2D eigenvalue weighted by Crippen LogP contribution is 2.21. The van der Waals surface area contributed by atoms with Gasteiger partial charge in [-0.15, -0.1) is 0 Å². The molecule has 180 valence electrons. The fourth-order valence-corrected chi connectivity index (χ4v) is 4.27. The maximum absolute atomic E-state index is 13.5. The summed E-state index contributed by atoms with van der Waals surface area (Å²) in [5, 5.41) is 3.36. The van der Waals surface area contributed by atoms with Gasteiger partial charge < -0.3 is 10.2 Å². The smallest absolute Gasteiger partial charge is 0.304 e. The van der Waals surface area contributed by atoms with E-state index >= 15 is 0 Å². The molecular weight excluding hydrogens is 464 g/mol. The Morgan fingerprint density at radius 2 is 1.55 bits per heavy atom. The second-order valence-corrected chi connectivity index (χ2v) is 10.6. The molecule has 0 aliphatic carbocycles. The van der Waals surface area contributed by atoms with Crippen molar-refractivity contribution in [2.24, 2.45) is 0 Å². The Balaban J connectivity index is 2.41. The molecule has 33 heavy (non-hydrogen) atoms. The lowest BCUT2D eigenvalue weighted by Crippen LogP contribution is -2.53. The number of benzene rings is 2. The summed E-state index contributed by atoms with van der Waals surface area (Å²) in [6.07, 6.45) is 0. The van der Waals surface area contributed by atoms with Crippen molar-refractivity contribution in [3.8, 4) is 0 Å². The molecule has 0 aromatic heterocycles. The molecule has 0 unspecified atom stereocenters. The third-order valence-corrected chi connectivity index (χ3v) is 7.00. The predicted molar refractivity (Wildman–Crippen MR) is 131 cm³/mol. The minimum Gasteiger partial charge on any atom is -0.352 e. The molecule has 0 spiro atoms. The molecular formula is C23H31ClN4O4S. The Labute approximate surface area is 201 Å². The van der Waals surface area contributed by atoms with Crippen LogP contribution in [0, 0.1) is 0 Å². The number of rotatable bonds is 10. The maximum Gasteiger partial charge on any atom is 0.304 e. The van der Waals surface area contributed by atoms with Gasteiger partial charge in [0.1, 0.15) is 12.6 Å². The molecule has 0 saturated carbocycles. The lowest BCUT2D eigenvalue weighted by molar-refractivity contribution is -0.139. The van der Waals surface area contributed by atoms with Crippen LogP contribution in [0.3, 0.4) is 0 Å². The number of hydrogen-bond donors (Lipinski definition) is 1. The fourth-order valence-electron chi connectivity index (χ4n) is 3.09. The van der Waals surface area contributed by atoms with E-state index in [1.165, 1.54) is 19.0 Å². The number of hydrogen-bond acceptors (Lipinski definition) is 4. The first-order valence-corrected chi connectivity index (χ1v) is 12.3. The Morgan fingerprint density at radius 1 is 0.970 bits per heavy atom. The summed E-state index contributed by atoms with van der Waals surface area (Å²) >= 11 is 5.97. The monoisotopic (exact) mass is 494 g/mol. The van der Waals surface area contributed by atoms with Crippen molar-refractivity contribution < 1.29 is 18.0 Å². The van der Waals surface area contributed by atoms with E-state index in [4.69, 9.17) is 11.6 Å². The van der Waals surface area contributed by atoms with E-state index in [2.05, 4.69) is 5.32 Å². The lowest BCUT2D eigenvalue weighted by Gasteiger charge is -2.33. The quantitative estimate of drug-likeness (QED) is 0.550. The number of amides is 2. The standard InChI is InChI=1S/C23H31ClN4O4S/c1-17(2)25-23(30)18(3)27(15-19-11-13-20(24)14-12-19)22(29)16-28(33(31,32)26(4)5)21-9-7-6-8-10-21/h6-14,17-18H,15-16H2,1-5H3,(H,25,30)/t18-/m0/s1. The lowest BCUT2D eigenvalue weighted by atomic mass is 10.1. The van der Waals surface area contributed by atoms with Crippen molar-refractivity contribution in [1.82, 2.24) is 14.5 Å². The summed E-state index contributed by atoms with van der Waals surface area (Å²) in [7, 11) is -1.16. The van der Waals surface area contributed by atoms with E-state index in [1.54, 1.807) is 61.5 Å². The zero-order chi connectivity index (χ0) is 24.8. The zero-order valence-electron chi connectivity index (χ0n) is 19.5. The van der Waals surface area contributed by atoms with Crippen LogP contribution in [0.2, 0.25) is 5.02 Å². The van der Waals surface area contributed by atoms with Crippen LogP contribution >= 0.6 is 11.6 Å². The molecule has 0 aliphatic heterocycles. The topological polar surface area (TPSA) is 90.0 Å². The van der Waals surface area contributed by atoms with Crippen LogP contribution in [-0.2, 0) is 26.3 Å². The van der Waals surface area contributed by atoms with Gasteiger partial charge in [0.05, 0.1) is 5.69 Å². The van der Waals surface area contributed by atoms with Gasteiger partial charge in [-0.2, -0.15) is 12.7 Å². The third-order valence-electron chi connectivity index (χ3n) is 4.93. The molecule has 0 fully saturated rings. The molecule has 0 heterocycles. The Morgan fingerprint density at radius 3 is 2.06 bits per heavy atom. The minimum absolute atomic E-state index is 0.109. The second kappa shape index (κ2) is 11.5.